The predicted molar refractivity (Wildman–Crippen MR) is 302 cm³/mol. The number of likely N-dealkylation sites (N-methyl/N-ethyl adjacent to an activating group) is 1. The third-order valence-electron chi connectivity index (χ3n) is 19.8. The van der Waals surface area contributed by atoms with Crippen LogP contribution in [0.3, 0.4) is 0 Å². The molecule has 3 aliphatic heterocycles. The molecule has 1 aromatic heterocycles. The molecule has 3 aliphatic carbocycles. The first-order valence-electron chi connectivity index (χ1n) is 29.6. The molecule has 2 saturated carbocycles. The van der Waals surface area contributed by atoms with Crippen molar-refractivity contribution < 1.29 is 68.1 Å². The van der Waals surface area contributed by atoms with Crippen LogP contribution in [-0.4, -0.2) is 155 Å². The van der Waals surface area contributed by atoms with Crippen molar-refractivity contribution in [3.05, 3.63) is 76.5 Å². The van der Waals surface area contributed by atoms with Crippen molar-refractivity contribution in [3.8, 4) is 0 Å². The molecule has 6 aliphatic rings. The number of hydrogen-bond donors (Lipinski definition) is 6. The number of esters is 2. The van der Waals surface area contributed by atoms with E-state index in [-0.39, 0.29) is 57.7 Å². The first-order valence-corrected chi connectivity index (χ1v) is 29.6. The van der Waals surface area contributed by atoms with Crippen molar-refractivity contribution in [1.82, 2.24) is 15.2 Å². The number of rotatable bonds is 22. The van der Waals surface area contributed by atoms with Gasteiger partial charge in [0.05, 0.1) is 31.0 Å². The van der Waals surface area contributed by atoms with Gasteiger partial charge in [0, 0.05) is 84.5 Å². The fourth-order valence-electron chi connectivity index (χ4n) is 16.1. The lowest BCUT2D eigenvalue weighted by atomic mass is 9.47. The van der Waals surface area contributed by atoms with Gasteiger partial charge in [-0.1, -0.05) is 57.2 Å². The second-order valence-corrected chi connectivity index (χ2v) is 24.5. The molecule has 3 fully saturated rings. The number of carbonyl (C=O) groups is 4. The van der Waals surface area contributed by atoms with Crippen molar-refractivity contribution in [1.29, 1.82) is 0 Å². The largest absolute Gasteiger partial charge is 0.464 e. The van der Waals surface area contributed by atoms with E-state index in [4.69, 9.17) is 28.5 Å². The first-order chi connectivity index (χ1) is 38.7. The summed E-state index contributed by atoms with van der Waals surface area (Å²) in [5.41, 5.74) is 3.19. The van der Waals surface area contributed by atoms with Gasteiger partial charge in [-0.3, -0.25) is 19.3 Å². The van der Waals surface area contributed by atoms with Crippen LogP contribution in [0.4, 0.5) is 5.69 Å². The van der Waals surface area contributed by atoms with Crippen molar-refractivity contribution in [2.75, 3.05) is 52.0 Å². The average Bonchev–Trinajstić information content (AvgIpc) is 2.66. The number of aliphatic hydroxyl groups excluding tert-OH is 2. The van der Waals surface area contributed by atoms with Crippen molar-refractivity contribution in [3.63, 3.8) is 0 Å². The van der Waals surface area contributed by atoms with Gasteiger partial charge in [0.2, 0.25) is 5.91 Å². The maximum Gasteiger partial charge on any atom is 0.373 e. The number of H-pyrrole nitrogens is 1. The number of aliphatic hydroxyl groups is 4. The van der Waals surface area contributed by atoms with Gasteiger partial charge in [-0.05, 0) is 157 Å². The van der Waals surface area contributed by atoms with Gasteiger partial charge in [-0.15, -0.1) is 0 Å². The Labute approximate surface area is 476 Å². The van der Waals surface area contributed by atoms with E-state index in [2.05, 4.69) is 96.3 Å². The molecule has 81 heavy (non-hydrogen) atoms. The van der Waals surface area contributed by atoms with Gasteiger partial charge in [0.1, 0.15) is 18.8 Å². The van der Waals surface area contributed by atoms with E-state index >= 15 is 4.79 Å². The summed E-state index contributed by atoms with van der Waals surface area (Å²) in [7, 11) is 3.40. The van der Waals surface area contributed by atoms with Crippen LogP contribution in [0.15, 0.2) is 48.6 Å². The van der Waals surface area contributed by atoms with E-state index in [9.17, 15) is 34.8 Å². The Morgan fingerprint density at radius 3 is 2.38 bits per heavy atom. The van der Waals surface area contributed by atoms with Crippen molar-refractivity contribution in [2.24, 2.45) is 17.3 Å². The van der Waals surface area contributed by atoms with Crippen LogP contribution < -0.4 is 10.2 Å². The molecule has 6 N–H and O–H groups in total. The molecule has 18 heteroatoms. The first kappa shape index (κ1) is 61.8. The zero-order valence-electron chi connectivity index (χ0n) is 48.9. The maximum absolute atomic E-state index is 15.2. The number of anilines is 1. The molecular weight excluding hydrogens is 1040 g/mol. The highest BCUT2D eigenvalue weighted by molar-refractivity contribution is 5.92. The number of para-hydroxylation sites is 1. The predicted octanol–water partition coefficient (Wildman–Crippen LogP) is 6.56. The van der Waals surface area contributed by atoms with Crippen molar-refractivity contribution >= 4 is 46.4 Å². The fraction of sp³-hybridized carbons (Fsp3) is 0.667. The zero-order chi connectivity index (χ0) is 58.7. The highest BCUT2D eigenvalue weighted by Crippen LogP contribution is 2.67. The molecule has 2 aromatic carbocycles. The van der Waals surface area contributed by atoms with Gasteiger partial charge < -0.3 is 54.6 Å². The summed E-state index contributed by atoms with van der Waals surface area (Å²) in [5.74, 6) is -1.32. The van der Waals surface area contributed by atoms with E-state index in [1.807, 2.05) is 14.0 Å². The number of methoxy groups -OCH3 is 1. The number of benzene rings is 2. The summed E-state index contributed by atoms with van der Waals surface area (Å²) >= 11 is 0. The van der Waals surface area contributed by atoms with Crippen LogP contribution >= 0.6 is 0 Å². The van der Waals surface area contributed by atoms with Gasteiger partial charge in [-0.25, -0.2) is 4.79 Å². The lowest BCUT2D eigenvalue weighted by molar-refractivity contribution is -0.202. The van der Waals surface area contributed by atoms with Crippen LogP contribution in [-0.2, 0) is 65.0 Å². The number of aromatic nitrogens is 1. The number of carbonyl (C=O) groups excluding carboxylic acids is 6. The number of hydrogen-bond acceptors (Lipinski definition) is 16. The van der Waals surface area contributed by atoms with Crippen LogP contribution in [0.2, 0.25) is 0 Å². The summed E-state index contributed by atoms with van der Waals surface area (Å²) in [5, 5.41) is 51.8. The smallest absolute Gasteiger partial charge is 0.373 e. The summed E-state index contributed by atoms with van der Waals surface area (Å²) in [6.07, 6.45) is 10.5. The van der Waals surface area contributed by atoms with Crippen LogP contribution in [0, 0.1) is 24.2 Å². The summed E-state index contributed by atoms with van der Waals surface area (Å²) in [6, 6.07) is 11.5. The number of nitrogens with one attached hydrogen (secondary N) is 2. The van der Waals surface area contributed by atoms with Crippen LogP contribution in [0.5, 0.6) is 0 Å². The molecule has 2 bridgehead atoms. The standard InChI is InChI=1S/C62H88N4O12.CO2/c1-9-42(36-67)78-52(75-8)37-77-51(70)22-16-21-50(69)63-39(5)54(71)76-29-15-14-20-49(68)62(74)56-61(26-28-66-27-17-25-60(11-3,55(61)66)57(62)72)46-32-45(38(4)30-48(46)65(56)7)58(6)33-41-31-40(34-59(73,10-2)35-41)23-24-44-43-18-12-13-19-47(43)64-53(44)58;2-1-3/h12-13,17-19,25,30,32,39-42,52,55-57,64,67,72-74H,9-11,14-16,20-24,26-29,31,33-37H2,1-8H3,(H,63,69);/t39?,40-,41-,42?,52?,55?,56?,57+,58+,59?,60+,61+,62-;/m0./s1. The molecular formula is C63H88N4O14. The second kappa shape index (κ2) is 25.3. The monoisotopic (exact) mass is 1120 g/mol. The summed E-state index contributed by atoms with van der Waals surface area (Å²) in [6.45, 7) is 13.3. The second-order valence-electron chi connectivity index (χ2n) is 24.5. The third kappa shape index (κ3) is 11.4. The zero-order valence-corrected chi connectivity index (χ0v) is 48.9. The SMILES string of the molecule is CCC(CO)OC(COC(=O)CCCC(=O)NC(C)C(=O)OCCCCC(=O)[C@]1(O)C2N(C)c3cc(C)c([C@@]4(C)C[C@@H]5C[C@H](CCc6c4[nH]c4ccccc64)CC(O)(CC)C5)cc3[C@@]23CCN2CC=C[C@](CC)(C23)[C@H]1O)OC.O=C=O. The highest BCUT2D eigenvalue weighted by atomic mass is 16.7. The number of ketones is 1. The fourth-order valence-corrected chi connectivity index (χ4v) is 16.1. The Kier molecular flexibility index (Phi) is 19.3. The molecule has 4 heterocycles. The minimum Gasteiger partial charge on any atom is -0.464 e. The number of unbranched alkanes of at least 4 members (excludes halogenated alkanes) is 1. The van der Waals surface area contributed by atoms with Gasteiger partial charge in [-0.2, -0.15) is 9.59 Å². The lowest BCUT2D eigenvalue weighted by Crippen LogP contribution is -2.80. The van der Waals surface area contributed by atoms with Crippen molar-refractivity contribution in [2.45, 2.75) is 203 Å². The molecule has 1 saturated heterocycles. The Morgan fingerprint density at radius 1 is 0.938 bits per heavy atom. The molecule has 1 amide bonds. The Balaban J connectivity index is 0.00000281. The molecule has 3 aromatic rings. The lowest BCUT2D eigenvalue weighted by Gasteiger charge is -2.63. The molecule has 6 unspecified atom stereocenters. The molecule has 1 spiro atoms. The summed E-state index contributed by atoms with van der Waals surface area (Å²) in [4.78, 5) is 78.1. The number of aromatic amines is 1. The number of aryl methyl sites for hydroxylation is 2. The molecule has 9 rings (SSSR count). The Bertz CT molecular complexity index is 2830. The number of fused-ring (bicyclic) bond motifs is 6. The summed E-state index contributed by atoms with van der Waals surface area (Å²) < 4.78 is 21.5. The van der Waals surface area contributed by atoms with Crippen LogP contribution in [0.25, 0.3) is 10.9 Å². The maximum atomic E-state index is 15.2. The normalized spacial score (nSPS) is 31.1. The number of ether oxygens (including phenoxy) is 4. The Hall–Kier alpha value is -5.30. The number of nitrogens with zero attached hydrogens (tertiary/aromatic N) is 2. The van der Waals surface area contributed by atoms with E-state index in [1.165, 1.54) is 36.2 Å². The molecule has 444 valence electrons. The van der Waals surface area contributed by atoms with E-state index in [1.54, 1.807) is 0 Å². The third-order valence-corrected chi connectivity index (χ3v) is 19.8. The minimum absolute atomic E-state index is 0.0157. The molecule has 18 nitrogen and oxygen atoms in total. The van der Waals surface area contributed by atoms with E-state index in [0.29, 0.717) is 50.5 Å². The van der Waals surface area contributed by atoms with E-state index < -0.39 is 81.7 Å². The van der Waals surface area contributed by atoms with Gasteiger partial charge >= 0.3 is 18.1 Å². The highest BCUT2D eigenvalue weighted by Gasteiger charge is 2.78. The topological polar surface area (TPSA) is 255 Å². The Morgan fingerprint density at radius 2 is 1.68 bits per heavy atom. The van der Waals surface area contributed by atoms with Gasteiger partial charge in [0.15, 0.2) is 17.7 Å². The average molecular weight is 1130 g/mol. The molecule has 0 radical (unpaired) electrons. The molecule has 13 atom stereocenters. The van der Waals surface area contributed by atoms with E-state index in [0.717, 1.165) is 73.8 Å². The number of Topliss-reactive ketones (excluding diaryl/α,β-unsaturated/α-hetero) is 1. The van der Waals surface area contributed by atoms with Crippen LogP contribution in [0.1, 0.15) is 159 Å². The van der Waals surface area contributed by atoms with Gasteiger partial charge in [0.25, 0.3) is 0 Å². The minimum atomic E-state index is -2.16. The number of amides is 1. The quantitative estimate of drug-likeness (QED) is 0.0270.